The first-order valence-electron chi connectivity index (χ1n) is 11.7. The van der Waals surface area contributed by atoms with Gasteiger partial charge in [-0.3, -0.25) is 14.4 Å². The van der Waals surface area contributed by atoms with E-state index in [-0.39, 0.29) is 31.1 Å². The van der Waals surface area contributed by atoms with E-state index >= 15 is 0 Å². The van der Waals surface area contributed by atoms with Crippen LogP contribution in [0.1, 0.15) is 30.7 Å². The fourth-order valence-corrected chi connectivity index (χ4v) is 4.27. The van der Waals surface area contributed by atoms with Gasteiger partial charge in [0.2, 0.25) is 17.7 Å². The summed E-state index contributed by atoms with van der Waals surface area (Å²) in [6.45, 7) is 3.71. The lowest BCUT2D eigenvalue weighted by Gasteiger charge is -2.39. The van der Waals surface area contributed by atoms with Gasteiger partial charge in [0, 0.05) is 37.0 Å². The molecule has 4 atom stereocenters. The molecule has 0 saturated heterocycles. The number of aliphatic carboxylic acids is 1. The number of nitrogens with two attached hydrogens (primary N) is 1. The molecule has 0 bridgehead atoms. The lowest BCUT2D eigenvalue weighted by molar-refractivity contribution is -0.147. The summed E-state index contributed by atoms with van der Waals surface area (Å²) in [6.07, 6.45) is 3.12. The molecule has 0 spiro atoms. The molecule has 194 valence electrons. The fraction of sp³-hybridized carbons (Fsp3) is 0.458. The van der Waals surface area contributed by atoms with E-state index in [1.54, 1.807) is 13.8 Å². The number of carbonyl (C=O) groups excluding carboxylic acids is 3. The standard InChI is InChI=1S/C24H32N6O5S/c1-13(2)20(29-21(31)17(25)11-36)23(33)30-10-15-6-4-3-5-14(15)7-19(30)22(32)28-18(24(34)35)8-16-9-26-12-27-16/h3-6,9,12-13,17-20,36H,7-8,10-11,25H2,1-2H3,(H,26,27)(H,28,32)(H,29,31)(H,34,35)/t17-,18-,19+,20-/m0/s1. The highest BCUT2D eigenvalue weighted by Gasteiger charge is 2.40. The number of nitrogens with zero attached hydrogens (tertiary/aromatic N) is 2. The molecule has 1 aliphatic rings. The van der Waals surface area contributed by atoms with Crippen molar-refractivity contribution in [3.05, 3.63) is 53.6 Å². The molecular formula is C24H32N6O5S. The Kier molecular flexibility index (Phi) is 9.10. The van der Waals surface area contributed by atoms with Crippen LogP contribution in [0.4, 0.5) is 0 Å². The third-order valence-electron chi connectivity index (χ3n) is 6.19. The molecule has 0 aliphatic carbocycles. The Balaban J connectivity index is 1.88. The number of thiol groups is 1. The molecule has 11 nitrogen and oxygen atoms in total. The van der Waals surface area contributed by atoms with Crippen molar-refractivity contribution in [2.45, 2.75) is 57.4 Å². The molecule has 2 aromatic rings. The molecule has 6 N–H and O–H groups in total. The minimum absolute atomic E-state index is 0.00458. The summed E-state index contributed by atoms with van der Waals surface area (Å²) < 4.78 is 0. The number of carboxylic acid groups (broad SMARTS) is 1. The zero-order chi connectivity index (χ0) is 26.4. The molecule has 0 saturated carbocycles. The van der Waals surface area contributed by atoms with Crippen LogP contribution in [0, 0.1) is 5.92 Å². The predicted octanol–water partition coefficient (Wildman–Crippen LogP) is -0.127. The van der Waals surface area contributed by atoms with E-state index in [0.29, 0.717) is 5.69 Å². The van der Waals surface area contributed by atoms with Crippen molar-refractivity contribution in [2.75, 3.05) is 5.75 Å². The van der Waals surface area contributed by atoms with Crippen LogP contribution >= 0.6 is 12.6 Å². The molecule has 3 amide bonds. The number of carboxylic acids is 1. The number of benzene rings is 1. The molecule has 0 unspecified atom stereocenters. The van der Waals surface area contributed by atoms with E-state index in [1.807, 2.05) is 24.3 Å². The van der Waals surface area contributed by atoms with Crippen LogP contribution in [0.2, 0.25) is 0 Å². The summed E-state index contributed by atoms with van der Waals surface area (Å²) in [7, 11) is 0. The van der Waals surface area contributed by atoms with Crippen molar-refractivity contribution in [1.82, 2.24) is 25.5 Å². The number of rotatable bonds is 10. The van der Waals surface area contributed by atoms with Gasteiger partial charge in [-0.25, -0.2) is 9.78 Å². The van der Waals surface area contributed by atoms with Crippen LogP contribution < -0.4 is 16.4 Å². The van der Waals surface area contributed by atoms with Crippen molar-refractivity contribution in [1.29, 1.82) is 0 Å². The highest BCUT2D eigenvalue weighted by molar-refractivity contribution is 7.80. The molecule has 1 aliphatic heterocycles. The molecule has 36 heavy (non-hydrogen) atoms. The number of aromatic amines is 1. The number of aromatic nitrogens is 2. The quantitative estimate of drug-likeness (QED) is 0.239. The second-order valence-electron chi connectivity index (χ2n) is 9.15. The Morgan fingerprint density at radius 3 is 2.50 bits per heavy atom. The fourth-order valence-electron chi connectivity index (χ4n) is 4.11. The largest absolute Gasteiger partial charge is 0.480 e. The Morgan fingerprint density at radius 1 is 1.22 bits per heavy atom. The molecule has 1 aromatic carbocycles. The predicted molar refractivity (Wildman–Crippen MR) is 135 cm³/mol. The van der Waals surface area contributed by atoms with E-state index in [4.69, 9.17) is 5.73 Å². The van der Waals surface area contributed by atoms with Crippen LogP contribution in [0.15, 0.2) is 36.8 Å². The number of carbonyl (C=O) groups is 4. The van der Waals surface area contributed by atoms with Gasteiger partial charge in [0.15, 0.2) is 0 Å². The third kappa shape index (κ3) is 6.43. The van der Waals surface area contributed by atoms with Gasteiger partial charge < -0.3 is 31.4 Å². The van der Waals surface area contributed by atoms with Gasteiger partial charge in [-0.1, -0.05) is 38.1 Å². The molecule has 2 heterocycles. The zero-order valence-electron chi connectivity index (χ0n) is 20.2. The average molecular weight is 517 g/mol. The molecular weight excluding hydrogens is 484 g/mol. The highest BCUT2D eigenvalue weighted by atomic mass is 32.1. The van der Waals surface area contributed by atoms with E-state index in [1.165, 1.54) is 17.4 Å². The number of hydrogen-bond donors (Lipinski definition) is 6. The summed E-state index contributed by atoms with van der Waals surface area (Å²) in [6, 6.07) is 3.45. The van der Waals surface area contributed by atoms with Crippen LogP contribution in [0.3, 0.4) is 0 Å². The lowest BCUT2D eigenvalue weighted by Crippen LogP contribution is -2.61. The molecule has 3 rings (SSSR count). The first-order chi connectivity index (χ1) is 17.1. The second kappa shape index (κ2) is 12.0. The van der Waals surface area contributed by atoms with Crippen LogP contribution in [-0.4, -0.2) is 73.6 Å². The van der Waals surface area contributed by atoms with Gasteiger partial charge in [0.1, 0.15) is 18.1 Å². The minimum atomic E-state index is -1.22. The Hall–Kier alpha value is -3.38. The van der Waals surface area contributed by atoms with Crippen molar-refractivity contribution < 1.29 is 24.3 Å². The van der Waals surface area contributed by atoms with Gasteiger partial charge in [-0.05, 0) is 17.0 Å². The average Bonchev–Trinajstić information content (AvgIpc) is 3.37. The number of hydrogen-bond acceptors (Lipinski definition) is 7. The van der Waals surface area contributed by atoms with Gasteiger partial charge in [-0.2, -0.15) is 12.6 Å². The number of fused-ring (bicyclic) bond motifs is 1. The Morgan fingerprint density at radius 2 is 1.92 bits per heavy atom. The van der Waals surface area contributed by atoms with E-state index in [0.717, 1.165) is 11.1 Å². The van der Waals surface area contributed by atoms with E-state index < -0.39 is 47.9 Å². The summed E-state index contributed by atoms with van der Waals surface area (Å²) in [5, 5.41) is 15.0. The van der Waals surface area contributed by atoms with Crippen molar-refractivity contribution >= 4 is 36.3 Å². The molecule has 0 radical (unpaired) electrons. The Labute approximate surface area is 214 Å². The van der Waals surface area contributed by atoms with Crippen molar-refractivity contribution in [3.63, 3.8) is 0 Å². The molecule has 12 heteroatoms. The minimum Gasteiger partial charge on any atom is -0.480 e. The van der Waals surface area contributed by atoms with Crippen molar-refractivity contribution in [2.24, 2.45) is 11.7 Å². The summed E-state index contributed by atoms with van der Waals surface area (Å²) in [4.78, 5) is 59.6. The maximum absolute atomic E-state index is 13.7. The van der Waals surface area contributed by atoms with E-state index in [2.05, 4.69) is 33.2 Å². The summed E-state index contributed by atoms with van der Waals surface area (Å²) in [5.41, 5.74) is 8.10. The topological polar surface area (TPSA) is 171 Å². The number of H-pyrrole nitrogens is 1. The summed E-state index contributed by atoms with van der Waals surface area (Å²) in [5.74, 6) is -2.94. The maximum atomic E-state index is 13.7. The summed E-state index contributed by atoms with van der Waals surface area (Å²) >= 11 is 4.05. The number of nitrogens with one attached hydrogen (secondary N) is 3. The van der Waals surface area contributed by atoms with Gasteiger partial charge in [0.05, 0.1) is 12.4 Å². The maximum Gasteiger partial charge on any atom is 0.326 e. The highest BCUT2D eigenvalue weighted by Crippen LogP contribution is 2.25. The van der Waals surface area contributed by atoms with Crippen LogP contribution in [0.25, 0.3) is 0 Å². The van der Waals surface area contributed by atoms with E-state index in [9.17, 15) is 24.3 Å². The zero-order valence-corrected chi connectivity index (χ0v) is 21.1. The molecule has 1 aromatic heterocycles. The first-order valence-corrected chi connectivity index (χ1v) is 12.3. The monoisotopic (exact) mass is 516 g/mol. The van der Waals surface area contributed by atoms with Gasteiger partial charge in [-0.15, -0.1) is 0 Å². The Bertz CT molecular complexity index is 1090. The van der Waals surface area contributed by atoms with Crippen LogP contribution in [-0.2, 0) is 38.6 Å². The number of amides is 3. The smallest absolute Gasteiger partial charge is 0.326 e. The number of imidazole rings is 1. The van der Waals surface area contributed by atoms with Crippen molar-refractivity contribution in [3.8, 4) is 0 Å². The van der Waals surface area contributed by atoms with Gasteiger partial charge in [0.25, 0.3) is 0 Å². The normalized spacial score (nSPS) is 17.6. The van der Waals surface area contributed by atoms with Crippen LogP contribution in [0.5, 0.6) is 0 Å². The van der Waals surface area contributed by atoms with Gasteiger partial charge >= 0.3 is 5.97 Å². The first kappa shape index (κ1) is 27.2. The third-order valence-corrected chi connectivity index (χ3v) is 6.59. The lowest BCUT2D eigenvalue weighted by atomic mass is 9.91. The molecule has 0 fully saturated rings. The second-order valence-corrected chi connectivity index (χ2v) is 9.52. The SMILES string of the molecule is CC(C)[C@H](NC(=O)[C@@H](N)CS)C(=O)N1Cc2ccccc2C[C@@H]1C(=O)N[C@@H](Cc1cnc[nH]1)C(=O)O.